The summed E-state index contributed by atoms with van der Waals surface area (Å²) in [5.74, 6) is 1.13. The molecule has 1 heterocycles. The van der Waals surface area contributed by atoms with Crippen molar-refractivity contribution in [2.24, 2.45) is 5.92 Å². The summed E-state index contributed by atoms with van der Waals surface area (Å²) in [6.45, 7) is 1.99. The van der Waals surface area contributed by atoms with E-state index in [2.05, 4.69) is 0 Å². The number of nitrogens with zero attached hydrogens (tertiary/aromatic N) is 1. The van der Waals surface area contributed by atoms with Crippen molar-refractivity contribution in [3.05, 3.63) is 77.9 Å². The van der Waals surface area contributed by atoms with Gasteiger partial charge in [0.2, 0.25) is 5.91 Å². The summed E-state index contributed by atoms with van der Waals surface area (Å²) >= 11 is 0. The number of amides is 1. The number of hydrogen-bond donors (Lipinski definition) is 0. The van der Waals surface area contributed by atoms with E-state index in [9.17, 15) is 9.59 Å². The lowest BCUT2D eigenvalue weighted by atomic mass is 9.83. The predicted molar refractivity (Wildman–Crippen MR) is 132 cm³/mol. The summed E-state index contributed by atoms with van der Waals surface area (Å²) in [4.78, 5) is 28.4. The van der Waals surface area contributed by atoms with Gasteiger partial charge in [-0.1, -0.05) is 23.8 Å². The minimum absolute atomic E-state index is 0.0536. The standard InChI is InChI=1S/C28H29NO6/c1-18-5-8-20(9-6-18)29-26(30)16-14-23(28(31)35-22-12-10-21(32-2)11-13-22)27(29)19-7-15-24(33-3)25(17-19)34-4/h5-13,15,17,23,27H,14,16H2,1-4H3. The van der Waals surface area contributed by atoms with Gasteiger partial charge in [0.15, 0.2) is 11.5 Å². The van der Waals surface area contributed by atoms with Crippen molar-refractivity contribution in [3.8, 4) is 23.0 Å². The number of carbonyl (C=O) groups excluding carboxylic acids is 2. The van der Waals surface area contributed by atoms with Gasteiger partial charge in [0.25, 0.3) is 0 Å². The molecule has 0 radical (unpaired) electrons. The van der Waals surface area contributed by atoms with Crippen LogP contribution in [0.1, 0.15) is 30.0 Å². The number of esters is 1. The van der Waals surface area contributed by atoms with Crippen LogP contribution in [-0.4, -0.2) is 33.2 Å². The molecule has 7 nitrogen and oxygen atoms in total. The molecule has 1 saturated heterocycles. The van der Waals surface area contributed by atoms with E-state index in [0.717, 1.165) is 16.8 Å². The van der Waals surface area contributed by atoms with E-state index in [1.807, 2.05) is 43.3 Å². The Balaban J connectivity index is 1.75. The molecule has 0 saturated carbocycles. The van der Waals surface area contributed by atoms with E-state index < -0.39 is 17.9 Å². The summed E-state index contributed by atoms with van der Waals surface area (Å²) in [5, 5.41) is 0. The van der Waals surface area contributed by atoms with E-state index in [4.69, 9.17) is 18.9 Å². The van der Waals surface area contributed by atoms with Crippen LogP contribution in [0.5, 0.6) is 23.0 Å². The zero-order chi connectivity index (χ0) is 24.9. The van der Waals surface area contributed by atoms with Crippen LogP contribution in [0.15, 0.2) is 66.7 Å². The first-order valence-electron chi connectivity index (χ1n) is 11.4. The van der Waals surface area contributed by atoms with Gasteiger partial charge in [-0.05, 0) is 67.4 Å². The van der Waals surface area contributed by atoms with Crippen molar-refractivity contribution < 1.29 is 28.5 Å². The summed E-state index contributed by atoms with van der Waals surface area (Å²) in [6.07, 6.45) is 0.606. The molecule has 182 valence electrons. The quantitative estimate of drug-likeness (QED) is 0.349. The highest BCUT2D eigenvalue weighted by Crippen LogP contribution is 2.43. The number of carbonyl (C=O) groups is 2. The second kappa shape index (κ2) is 10.5. The lowest BCUT2D eigenvalue weighted by Crippen LogP contribution is -2.46. The zero-order valence-electron chi connectivity index (χ0n) is 20.3. The number of methoxy groups -OCH3 is 3. The van der Waals surface area contributed by atoms with Crippen molar-refractivity contribution in [1.29, 1.82) is 0 Å². The van der Waals surface area contributed by atoms with Gasteiger partial charge in [-0.25, -0.2) is 0 Å². The molecule has 35 heavy (non-hydrogen) atoms. The van der Waals surface area contributed by atoms with Gasteiger partial charge in [0, 0.05) is 12.1 Å². The molecule has 0 aliphatic carbocycles. The number of piperidine rings is 1. The maximum atomic E-state index is 13.5. The topological polar surface area (TPSA) is 74.3 Å². The first-order valence-corrected chi connectivity index (χ1v) is 11.4. The maximum absolute atomic E-state index is 13.5. The van der Waals surface area contributed by atoms with Crippen molar-refractivity contribution in [3.63, 3.8) is 0 Å². The number of aryl methyl sites for hydroxylation is 1. The van der Waals surface area contributed by atoms with E-state index in [1.165, 1.54) is 0 Å². The molecule has 0 bridgehead atoms. The van der Waals surface area contributed by atoms with Crippen molar-refractivity contribution >= 4 is 17.6 Å². The Kier molecular flexibility index (Phi) is 7.25. The van der Waals surface area contributed by atoms with Gasteiger partial charge in [-0.15, -0.1) is 0 Å². The number of hydrogen-bond acceptors (Lipinski definition) is 6. The molecule has 3 aromatic rings. The summed E-state index contributed by atoms with van der Waals surface area (Å²) in [5.41, 5.74) is 2.56. The summed E-state index contributed by atoms with van der Waals surface area (Å²) < 4.78 is 21.8. The van der Waals surface area contributed by atoms with Gasteiger partial charge in [-0.3, -0.25) is 9.59 Å². The average molecular weight is 476 g/mol. The number of benzene rings is 3. The number of ether oxygens (including phenoxy) is 4. The fraction of sp³-hybridized carbons (Fsp3) is 0.286. The Morgan fingerprint density at radius 3 is 2.11 bits per heavy atom. The van der Waals surface area contributed by atoms with Crippen LogP contribution in [-0.2, 0) is 9.59 Å². The molecule has 3 aromatic carbocycles. The molecule has 4 rings (SSSR count). The molecule has 7 heteroatoms. The summed E-state index contributed by atoms with van der Waals surface area (Å²) in [6, 6.07) is 19.4. The molecule has 1 fully saturated rings. The molecule has 0 N–H and O–H groups in total. The van der Waals surface area contributed by atoms with E-state index in [1.54, 1.807) is 56.6 Å². The molecular formula is C28H29NO6. The van der Waals surface area contributed by atoms with E-state index in [-0.39, 0.29) is 12.3 Å². The molecule has 0 spiro atoms. The maximum Gasteiger partial charge on any atom is 0.316 e. The van der Waals surface area contributed by atoms with Crippen molar-refractivity contribution in [2.75, 3.05) is 26.2 Å². The average Bonchev–Trinajstić information content (AvgIpc) is 2.89. The lowest BCUT2D eigenvalue weighted by molar-refractivity contribution is -0.141. The van der Waals surface area contributed by atoms with Crippen LogP contribution >= 0.6 is 0 Å². The van der Waals surface area contributed by atoms with Crippen LogP contribution in [0.3, 0.4) is 0 Å². The highest BCUT2D eigenvalue weighted by atomic mass is 16.5. The summed E-state index contributed by atoms with van der Waals surface area (Å²) in [7, 11) is 4.70. The molecule has 1 aliphatic rings. The first-order chi connectivity index (χ1) is 16.9. The monoisotopic (exact) mass is 475 g/mol. The largest absolute Gasteiger partial charge is 0.497 e. The van der Waals surface area contributed by atoms with Crippen LogP contribution in [0, 0.1) is 12.8 Å². The van der Waals surface area contributed by atoms with Crippen LogP contribution < -0.4 is 23.8 Å². The third kappa shape index (κ3) is 5.09. The molecule has 1 amide bonds. The Hall–Kier alpha value is -4.00. The second-order valence-corrected chi connectivity index (χ2v) is 8.40. The van der Waals surface area contributed by atoms with Gasteiger partial charge < -0.3 is 23.8 Å². The van der Waals surface area contributed by atoms with Gasteiger partial charge in [0.05, 0.1) is 33.3 Å². The van der Waals surface area contributed by atoms with Gasteiger partial charge in [-0.2, -0.15) is 0 Å². The highest BCUT2D eigenvalue weighted by Gasteiger charge is 2.42. The zero-order valence-corrected chi connectivity index (χ0v) is 20.3. The smallest absolute Gasteiger partial charge is 0.316 e. The minimum atomic E-state index is -0.589. The predicted octanol–water partition coefficient (Wildman–Crippen LogP) is 5.11. The van der Waals surface area contributed by atoms with E-state index in [0.29, 0.717) is 29.4 Å². The fourth-order valence-electron chi connectivity index (χ4n) is 4.40. The van der Waals surface area contributed by atoms with Gasteiger partial charge in [0.1, 0.15) is 11.5 Å². The lowest BCUT2D eigenvalue weighted by Gasteiger charge is -2.40. The third-order valence-electron chi connectivity index (χ3n) is 6.24. The second-order valence-electron chi connectivity index (χ2n) is 8.40. The van der Waals surface area contributed by atoms with Crippen molar-refractivity contribution in [2.45, 2.75) is 25.8 Å². The Morgan fingerprint density at radius 2 is 1.49 bits per heavy atom. The Morgan fingerprint density at radius 1 is 0.829 bits per heavy atom. The van der Waals surface area contributed by atoms with Gasteiger partial charge >= 0.3 is 5.97 Å². The van der Waals surface area contributed by atoms with E-state index >= 15 is 0 Å². The molecular weight excluding hydrogens is 446 g/mol. The minimum Gasteiger partial charge on any atom is -0.497 e. The molecule has 2 unspecified atom stereocenters. The Bertz CT molecular complexity index is 1190. The molecule has 0 aromatic heterocycles. The number of anilines is 1. The molecule has 2 atom stereocenters. The van der Waals surface area contributed by atoms with Crippen LogP contribution in [0.25, 0.3) is 0 Å². The first kappa shape index (κ1) is 24.1. The highest BCUT2D eigenvalue weighted by molar-refractivity contribution is 5.97. The molecule has 1 aliphatic heterocycles. The van der Waals surface area contributed by atoms with Crippen LogP contribution in [0.4, 0.5) is 5.69 Å². The fourth-order valence-corrected chi connectivity index (χ4v) is 4.40. The van der Waals surface area contributed by atoms with Crippen molar-refractivity contribution in [1.82, 2.24) is 0 Å². The van der Waals surface area contributed by atoms with Crippen LogP contribution in [0.2, 0.25) is 0 Å². The number of rotatable bonds is 7. The Labute approximate surface area is 205 Å². The normalized spacial score (nSPS) is 17.6. The third-order valence-corrected chi connectivity index (χ3v) is 6.24. The SMILES string of the molecule is COc1ccc(OC(=O)C2CCC(=O)N(c3ccc(C)cc3)C2c2ccc(OC)c(OC)c2)cc1.